The maximum absolute atomic E-state index is 12.7. The Kier molecular flexibility index (Phi) is 5.94. The lowest BCUT2D eigenvalue weighted by Crippen LogP contribution is -2.48. The van der Waals surface area contributed by atoms with Gasteiger partial charge in [-0.3, -0.25) is 0 Å². The molecule has 0 radical (unpaired) electrons. The number of carbonyl (C=O) groups is 1. The van der Waals surface area contributed by atoms with Gasteiger partial charge in [0.2, 0.25) is 10.0 Å². The number of rotatable bonds is 3. The molecule has 1 aliphatic heterocycles. The first-order valence-electron chi connectivity index (χ1n) is 8.51. The summed E-state index contributed by atoms with van der Waals surface area (Å²) in [7, 11) is -1.91. The fourth-order valence-corrected chi connectivity index (χ4v) is 4.27. The standard InChI is InChI=1S/C18H25N3O4S/c1-18(2,3)25-17(22)20(4)15-9-11-21(12-10-15)26(23,24)16-7-5-14(13-19)6-8-16/h5-8,15H,9-12H2,1-4H3. The molecular weight excluding hydrogens is 354 g/mol. The number of benzene rings is 1. The van der Waals surface area contributed by atoms with Crippen molar-refractivity contribution < 1.29 is 17.9 Å². The number of nitrogens with zero attached hydrogens (tertiary/aromatic N) is 3. The van der Waals surface area contributed by atoms with Crippen LogP contribution in [0.3, 0.4) is 0 Å². The normalized spacial score (nSPS) is 16.7. The molecular formula is C18H25N3O4S. The average molecular weight is 379 g/mol. The molecule has 7 nitrogen and oxygen atoms in total. The van der Waals surface area contributed by atoms with E-state index < -0.39 is 21.7 Å². The predicted molar refractivity (Wildman–Crippen MR) is 96.9 cm³/mol. The third-order valence-electron chi connectivity index (χ3n) is 4.27. The van der Waals surface area contributed by atoms with Crippen molar-refractivity contribution in [3.8, 4) is 6.07 Å². The topological polar surface area (TPSA) is 90.7 Å². The molecule has 0 unspecified atom stereocenters. The molecule has 1 aromatic carbocycles. The van der Waals surface area contributed by atoms with Gasteiger partial charge in [-0.25, -0.2) is 13.2 Å². The number of piperidine rings is 1. The highest BCUT2D eigenvalue weighted by Crippen LogP contribution is 2.24. The number of hydrogen-bond acceptors (Lipinski definition) is 5. The van der Waals surface area contributed by atoms with Gasteiger partial charge in [-0.2, -0.15) is 9.57 Å². The fourth-order valence-electron chi connectivity index (χ4n) is 2.80. The second kappa shape index (κ2) is 7.64. The van der Waals surface area contributed by atoms with Crippen LogP contribution in [0.5, 0.6) is 0 Å². The first-order chi connectivity index (χ1) is 12.0. The zero-order valence-electron chi connectivity index (χ0n) is 15.6. The Labute approximate surface area is 155 Å². The predicted octanol–water partition coefficient (Wildman–Crippen LogP) is 2.58. The van der Waals surface area contributed by atoms with E-state index in [0.717, 1.165) is 0 Å². The van der Waals surface area contributed by atoms with Crippen LogP contribution in [0.2, 0.25) is 0 Å². The van der Waals surface area contributed by atoms with Gasteiger partial charge in [-0.1, -0.05) is 0 Å². The highest BCUT2D eigenvalue weighted by atomic mass is 32.2. The SMILES string of the molecule is CN(C(=O)OC(C)(C)C)C1CCN(S(=O)(=O)c2ccc(C#N)cc2)CC1. The van der Waals surface area contributed by atoms with E-state index in [2.05, 4.69) is 0 Å². The first kappa shape index (κ1) is 20.2. The Morgan fingerprint density at radius 3 is 2.23 bits per heavy atom. The van der Waals surface area contributed by atoms with Gasteiger partial charge in [0.05, 0.1) is 16.5 Å². The Hall–Kier alpha value is -2.11. The lowest BCUT2D eigenvalue weighted by atomic mass is 10.1. The van der Waals surface area contributed by atoms with E-state index in [1.165, 1.54) is 28.6 Å². The van der Waals surface area contributed by atoms with Crippen LogP contribution in [0, 0.1) is 11.3 Å². The zero-order valence-corrected chi connectivity index (χ0v) is 16.4. The number of sulfonamides is 1. The first-order valence-corrected chi connectivity index (χ1v) is 9.95. The van der Waals surface area contributed by atoms with Gasteiger partial charge in [-0.05, 0) is 57.9 Å². The van der Waals surface area contributed by atoms with Crippen LogP contribution in [0.1, 0.15) is 39.2 Å². The number of amides is 1. The summed E-state index contributed by atoms with van der Waals surface area (Å²) in [6.45, 7) is 6.10. The third kappa shape index (κ3) is 4.74. The van der Waals surface area contributed by atoms with Gasteiger partial charge < -0.3 is 9.64 Å². The summed E-state index contributed by atoms with van der Waals surface area (Å²) in [6, 6.07) is 7.81. The van der Waals surface area contributed by atoms with Crippen molar-refractivity contribution in [1.29, 1.82) is 5.26 Å². The van der Waals surface area contributed by atoms with E-state index in [-0.39, 0.29) is 10.9 Å². The van der Waals surface area contributed by atoms with E-state index in [9.17, 15) is 13.2 Å². The molecule has 1 heterocycles. The highest BCUT2D eigenvalue weighted by Gasteiger charge is 2.33. The molecule has 0 atom stereocenters. The molecule has 0 bridgehead atoms. The Balaban J connectivity index is 2.00. The quantitative estimate of drug-likeness (QED) is 0.805. The van der Waals surface area contributed by atoms with Crippen molar-refractivity contribution in [2.75, 3.05) is 20.1 Å². The monoisotopic (exact) mass is 379 g/mol. The lowest BCUT2D eigenvalue weighted by Gasteiger charge is -2.36. The largest absolute Gasteiger partial charge is 0.444 e. The van der Waals surface area contributed by atoms with E-state index in [1.807, 2.05) is 26.8 Å². The van der Waals surface area contributed by atoms with Gasteiger partial charge in [0.25, 0.3) is 0 Å². The van der Waals surface area contributed by atoms with Crippen molar-refractivity contribution in [3.05, 3.63) is 29.8 Å². The minimum atomic E-state index is -3.60. The molecule has 26 heavy (non-hydrogen) atoms. The van der Waals surface area contributed by atoms with E-state index in [1.54, 1.807) is 11.9 Å². The lowest BCUT2D eigenvalue weighted by molar-refractivity contribution is 0.0178. The maximum atomic E-state index is 12.7. The van der Waals surface area contributed by atoms with Crippen LogP contribution < -0.4 is 0 Å². The summed E-state index contributed by atoms with van der Waals surface area (Å²) in [6.07, 6.45) is 0.696. The van der Waals surface area contributed by atoms with Crippen molar-refractivity contribution in [2.45, 2.75) is 50.2 Å². The summed E-state index contributed by atoms with van der Waals surface area (Å²) >= 11 is 0. The smallest absolute Gasteiger partial charge is 0.410 e. The molecule has 1 saturated heterocycles. The molecule has 2 rings (SSSR count). The average Bonchev–Trinajstić information content (AvgIpc) is 2.59. The fraction of sp³-hybridized carbons (Fsp3) is 0.556. The van der Waals surface area contributed by atoms with Crippen LogP contribution in [0.15, 0.2) is 29.2 Å². The minimum Gasteiger partial charge on any atom is -0.444 e. The van der Waals surface area contributed by atoms with Crippen LogP contribution in [-0.2, 0) is 14.8 Å². The third-order valence-corrected chi connectivity index (χ3v) is 6.19. The van der Waals surface area contributed by atoms with E-state index >= 15 is 0 Å². The minimum absolute atomic E-state index is 0.0581. The number of ether oxygens (including phenoxy) is 1. The van der Waals surface area contributed by atoms with Crippen LogP contribution >= 0.6 is 0 Å². The molecule has 1 fully saturated rings. The van der Waals surface area contributed by atoms with Crippen LogP contribution in [0.25, 0.3) is 0 Å². The summed E-state index contributed by atoms with van der Waals surface area (Å²) < 4.78 is 32.2. The second-order valence-corrected chi connectivity index (χ2v) is 9.30. The molecule has 0 aliphatic carbocycles. The number of nitriles is 1. The van der Waals surface area contributed by atoms with Crippen molar-refractivity contribution in [1.82, 2.24) is 9.21 Å². The summed E-state index contributed by atoms with van der Waals surface area (Å²) in [5, 5.41) is 8.82. The van der Waals surface area contributed by atoms with Crippen LogP contribution in [-0.4, -0.2) is 55.5 Å². The molecule has 0 N–H and O–H groups in total. The molecule has 0 aromatic heterocycles. The molecule has 1 aromatic rings. The molecule has 0 spiro atoms. The van der Waals surface area contributed by atoms with Gasteiger partial charge in [0, 0.05) is 26.2 Å². The molecule has 1 aliphatic rings. The highest BCUT2D eigenvalue weighted by molar-refractivity contribution is 7.89. The maximum Gasteiger partial charge on any atom is 0.410 e. The Bertz CT molecular complexity index is 783. The number of carbonyl (C=O) groups excluding carboxylic acids is 1. The van der Waals surface area contributed by atoms with Crippen molar-refractivity contribution in [2.24, 2.45) is 0 Å². The van der Waals surface area contributed by atoms with Gasteiger partial charge in [-0.15, -0.1) is 0 Å². The van der Waals surface area contributed by atoms with Crippen molar-refractivity contribution in [3.63, 3.8) is 0 Å². The second-order valence-electron chi connectivity index (χ2n) is 7.36. The Morgan fingerprint density at radius 1 is 1.23 bits per heavy atom. The van der Waals surface area contributed by atoms with E-state index in [0.29, 0.717) is 31.5 Å². The molecule has 142 valence electrons. The Morgan fingerprint density at radius 2 is 1.77 bits per heavy atom. The van der Waals surface area contributed by atoms with Gasteiger partial charge in [0.15, 0.2) is 0 Å². The van der Waals surface area contributed by atoms with Crippen molar-refractivity contribution >= 4 is 16.1 Å². The summed E-state index contributed by atoms with van der Waals surface area (Å²) in [4.78, 5) is 13.9. The van der Waals surface area contributed by atoms with Crippen LogP contribution in [0.4, 0.5) is 4.79 Å². The summed E-state index contributed by atoms with van der Waals surface area (Å²) in [5.41, 5.74) is -0.146. The van der Waals surface area contributed by atoms with Gasteiger partial charge in [0.1, 0.15) is 5.60 Å². The van der Waals surface area contributed by atoms with E-state index in [4.69, 9.17) is 10.00 Å². The zero-order chi connectivity index (χ0) is 19.5. The van der Waals surface area contributed by atoms with Gasteiger partial charge >= 0.3 is 6.09 Å². The number of hydrogen-bond donors (Lipinski definition) is 0. The molecule has 1 amide bonds. The summed E-state index contributed by atoms with van der Waals surface area (Å²) in [5.74, 6) is 0. The molecule has 0 saturated carbocycles. The molecule has 8 heteroatoms.